The Kier molecular flexibility index (Phi) is 7.40. The third-order valence-corrected chi connectivity index (χ3v) is 15.1. The summed E-state index contributed by atoms with van der Waals surface area (Å²) in [7, 11) is 0. The average molecular weight is 735 g/mol. The number of hydrogen-bond donors (Lipinski definition) is 3. The zero-order chi connectivity index (χ0) is 38.0. The summed E-state index contributed by atoms with van der Waals surface area (Å²) in [6, 6.07) is 0. The number of esters is 5. The average Bonchev–Trinajstić information content (AvgIpc) is 3.95. The maximum atomic E-state index is 14.6. The second-order valence-electron chi connectivity index (χ2n) is 17.2. The van der Waals surface area contributed by atoms with Crippen molar-refractivity contribution in [3.63, 3.8) is 0 Å². The second kappa shape index (κ2) is 10.7. The lowest BCUT2D eigenvalue weighted by Gasteiger charge is -2.65. The predicted octanol–water partition coefficient (Wildman–Crippen LogP) is -0.404. The van der Waals surface area contributed by atoms with E-state index in [1.807, 2.05) is 6.92 Å². The summed E-state index contributed by atoms with van der Waals surface area (Å²) in [6.07, 6.45) is -8.58. The molecular weight excluding hydrogens is 688 g/mol. The number of ketones is 1. The molecule has 16 heteroatoms. The van der Waals surface area contributed by atoms with E-state index in [-0.39, 0.29) is 6.42 Å². The molecule has 0 amide bonds. The number of ether oxygens (including phenoxy) is 7. The van der Waals surface area contributed by atoms with Crippen LogP contribution in [0.2, 0.25) is 0 Å². The Morgan fingerprint density at radius 1 is 0.827 bits per heavy atom. The van der Waals surface area contributed by atoms with Crippen molar-refractivity contribution in [3.8, 4) is 0 Å². The molecule has 8 fully saturated rings. The molecule has 0 radical (unpaired) electrons. The van der Waals surface area contributed by atoms with Gasteiger partial charge in [-0.3, -0.25) is 19.2 Å². The van der Waals surface area contributed by atoms with Crippen molar-refractivity contribution in [1.29, 1.82) is 0 Å². The molecule has 20 atom stereocenters. The fourth-order valence-electron chi connectivity index (χ4n) is 13.2. The van der Waals surface area contributed by atoms with Gasteiger partial charge in [0, 0.05) is 61.2 Å². The van der Waals surface area contributed by atoms with E-state index in [1.54, 1.807) is 20.8 Å². The molecule has 3 N–H and O–H groups in total. The van der Waals surface area contributed by atoms with Crippen molar-refractivity contribution in [2.75, 3.05) is 6.61 Å². The number of aliphatic hydroxyl groups excluding tert-OH is 2. The van der Waals surface area contributed by atoms with E-state index in [0.717, 1.165) is 0 Å². The number of fused-ring (bicyclic) bond motifs is 9. The number of aliphatic hydroxyl groups is 3. The van der Waals surface area contributed by atoms with E-state index >= 15 is 0 Å². The number of Topliss-reactive ketones (excluding diaryl/α,β-unsaturated/α-hetero) is 1. The minimum atomic E-state index is -2.19. The fraction of sp³-hybridized carbons (Fsp3) is 0.833. The van der Waals surface area contributed by atoms with Gasteiger partial charge in [0.1, 0.15) is 49.3 Å². The van der Waals surface area contributed by atoms with E-state index < -0.39 is 160 Å². The van der Waals surface area contributed by atoms with Crippen LogP contribution in [-0.2, 0) is 61.9 Å². The molecule has 0 bridgehead atoms. The number of rotatable bonds is 5. The standard InChI is InChI=1S/C36H46O16/c1-11-19-22(34(7)35(8,45)31(44)52-36(34)28(11)51-36)26(46-12(2)38)20-18-21(27(50-17(41)10-37)30(33(19,20)6)48-14(4)40)32(5)15(23(42)24(18)43)9-16-25(49-16)29(32)47-13(3)39/h11,15-16,18-22,24-30,37,43,45H,9-10H2,1-8H3/t11-,15+,16-,18?,19-,20+,21?,22-,24+,25-,26+,27-,28+,29-,30-,32-,33+,34-,35+,36-/m0/s1. The quantitative estimate of drug-likeness (QED) is 0.185. The van der Waals surface area contributed by atoms with Crippen molar-refractivity contribution >= 4 is 35.6 Å². The van der Waals surface area contributed by atoms with Crippen LogP contribution < -0.4 is 0 Å². The molecule has 1 spiro atoms. The summed E-state index contributed by atoms with van der Waals surface area (Å²) in [6.45, 7) is 10.8. The molecule has 0 aromatic rings. The van der Waals surface area contributed by atoms with Crippen molar-refractivity contribution in [2.45, 2.75) is 122 Å². The Balaban J connectivity index is 1.42. The highest BCUT2D eigenvalue weighted by Crippen LogP contribution is 2.81. The highest BCUT2D eigenvalue weighted by molar-refractivity contribution is 5.88. The van der Waals surface area contributed by atoms with Crippen LogP contribution in [0, 0.1) is 57.7 Å². The van der Waals surface area contributed by atoms with Crippen molar-refractivity contribution in [2.24, 2.45) is 57.7 Å². The Bertz CT molecular complexity index is 1680. The fourth-order valence-corrected chi connectivity index (χ4v) is 13.2. The molecule has 16 nitrogen and oxygen atoms in total. The lowest BCUT2D eigenvalue weighted by Crippen LogP contribution is -2.75. The summed E-state index contributed by atoms with van der Waals surface area (Å²) in [5.41, 5.74) is -6.64. The third-order valence-electron chi connectivity index (χ3n) is 15.1. The maximum Gasteiger partial charge on any atom is 0.341 e. The highest BCUT2D eigenvalue weighted by atomic mass is 16.8. The first-order chi connectivity index (χ1) is 24.2. The van der Waals surface area contributed by atoms with Gasteiger partial charge < -0.3 is 48.5 Å². The minimum Gasteiger partial charge on any atom is -0.462 e. The third kappa shape index (κ3) is 4.00. The molecule has 8 rings (SSSR count). The van der Waals surface area contributed by atoms with Crippen LogP contribution in [0.5, 0.6) is 0 Å². The largest absolute Gasteiger partial charge is 0.462 e. The monoisotopic (exact) mass is 734 g/mol. The number of carbonyl (C=O) groups is 6. The molecule has 0 aromatic heterocycles. The van der Waals surface area contributed by atoms with E-state index in [9.17, 15) is 44.1 Å². The summed E-state index contributed by atoms with van der Waals surface area (Å²) in [5, 5.41) is 34.4. The van der Waals surface area contributed by atoms with Gasteiger partial charge in [0.25, 0.3) is 0 Å². The highest BCUT2D eigenvalue weighted by Gasteiger charge is 2.93. The first-order valence-corrected chi connectivity index (χ1v) is 18.0. The first kappa shape index (κ1) is 35.8. The summed E-state index contributed by atoms with van der Waals surface area (Å²) in [5.74, 6) is -13.0. The van der Waals surface area contributed by atoms with E-state index in [0.29, 0.717) is 0 Å². The van der Waals surface area contributed by atoms with Gasteiger partial charge in [0.15, 0.2) is 11.4 Å². The molecule has 286 valence electrons. The van der Waals surface area contributed by atoms with Gasteiger partial charge in [0.05, 0.1) is 11.5 Å². The van der Waals surface area contributed by atoms with Crippen LogP contribution in [0.15, 0.2) is 0 Å². The number of epoxide rings is 2. The molecule has 3 heterocycles. The number of hydrogen-bond acceptors (Lipinski definition) is 16. The predicted molar refractivity (Wildman–Crippen MR) is 167 cm³/mol. The second-order valence-corrected chi connectivity index (χ2v) is 17.2. The van der Waals surface area contributed by atoms with Crippen molar-refractivity contribution in [1.82, 2.24) is 0 Å². The van der Waals surface area contributed by atoms with Gasteiger partial charge in [0.2, 0.25) is 5.79 Å². The Morgan fingerprint density at radius 3 is 2.02 bits per heavy atom. The van der Waals surface area contributed by atoms with Crippen LogP contribution in [0.4, 0.5) is 0 Å². The van der Waals surface area contributed by atoms with Crippen LogP contribution in [0.25, 0.3) is 0 Å². The Labute approximate surface area is 299 Å². The van der Waals surface area contributed by atoms with Crippen molar-refractivity contribution < 1.29 is 77.2 Å². The molecule has 5 saturated carbocycles. The van der Waals surface area contributed by atoms with E-state index in [2.05, 4.69) is 0 Å². The number of carbonyl (C=O) groups excluding carboxylic acids is 6. The molecule has 0 aromatic carbocycles. The van der Waals surface area contributed by atoms with Gasteiger partial charge in [-0.15, -0.1) is 0 Å². The van der Waals surface area contributed by atoms with Crippen molar-refractivity contribution in [3.05, 3.63) is 0 Å². The SMILES string of the molecule is CC(=O)O[C@H]1[C@@H]2[C@H]([C@H](C)[C@H]3O[C@]34OC(=O)[C@@](C)(O)[C@]24C)[C@]2(C)[C@@H]1C1C([C@H](OC(=O)CO)[C@@H]2OC(C)=O)[C@]2(C)[C@H](C[C@@H]3O[C@@H]3[C@@H]2OC(C)=O)C(=O)[C@@H]1O. The smallest absolute Gasteiger partial charge is 0.341 e. The zero-order valence-corrected chi connectivity index (χ0v) is 30.2. The molecular formula is C36H46O16. The topological polar surface area (TPSA) is 234 Å². The van der Waals surface area contributed by atoms with Gasteiger partial charge in [-0.25, -0.2) is 9.59 Å². The van der Waals surface area contributed by atoms with Gasteiger partial charge >= 0.3 is 29.8 Å². The zero-order valence-electron chi connectivity index (χ0n) is 30.2. The minimum absolute atomic E-state index is 0.163. The Morgan fingerprint density at radius 2 is 1.42 bits per heavy atom. The van der Waals surface area contributed by atoms with Gasteiger partial charge in [-0.05, 0) is 32.1 Å². The van der Waals surface area contributed by atoms with E-state index in [1.165, 1.54) is 27.7 Å². The summed E-state index contributed by atoms with van der Waals surface area (Å²) in [4.78, 5) is 80.3. The molecule has 8 aliphatic rings. The molecule has 52 heavy (non-hydrogen) atoms. The lowest BCUT2D eigenvalue weighted by molar-refractivity contribution is -0.274. The molecule has 5 aliphatic carbocycles. The first-order valence-electron chi connectivity index (χ1n) is 18.0. The summed E-state index contributed by atoms with van der Waals surface area (Å²) < 4.78 is 42.5. The maximum absolute atomic E-state index is 14.6. The molecule has 2 unspecified atom stereocenters. The summed E-state index contributed by atoms with van der Waals surface area (Å²) >= 11 is 0. The lowest BCUT2D eigenvalue weighted by atomic mass is 9.41. The molecule has 3 aliphatic heterocycles. The van der Waals surface area contributed by atoms with E-state index in [4.69, 9.17) is 33.2 Å². The van der Waals surface area contributed by atoms with Crippen LogP contribution in [-0.4, -0.2) is 118 Å². The van der Waals surface area contributed by atoms with Crippen LogP contribution >= 0.6 is 0 Å². The Hall–Kier alpha value is -3.18. The van der Waals surface area contributed by atoms with Gasteiger partial charge in [-0.2, -0.15) is 0 Å². The normalized spacial score (nSPS) is 55.8. The van der Waals surface area contributed by atoms with Crippen LogP contribution in [0.1, 0.15) is 61.8 Å². The van der Waals surface area contributed by atoms with Gasteiger partial charge in [-0.1, -0.05) is 20.8 Å². The van der Waals surface area contributed by atoms with Crippen LogP contribution in [0.3, 0.4) is 0 Å². The molecule has 3 saturated heterocycles.